The second kappa shape index (κ2) is 8.18. The van der Waals surface area contributed by atoms with E-state index < -0.39 is 0 Å². The maximum atomic E-state index is 12.3. The average molecular weight is 294 g/mol. The number of hydrogen-bond acceptors (Lipinski definition) is 2. The van der Waals surface area contributed by atoms with Crippen LogP contribution in [0.5, 0.6) is 0 Å². The van der Waals surface area contributed by atoms with Crippen LogP contribution in [0, 0.1) is 0 Å². The molecule has 2 heteroatoms. The van der Waals surface area contributed by atoms with Gasteiger partial charge in [0.05, 0.1) is 5.56 Å². The van der Waals surface area contributed by atoms with Crippen LogP contribution in [0.3, 0.4) is 0 Å². The van der Waals surface area contributed by atoms with E-state index in [0.717, 1.165) is 0 Å². The molecule has 0 spiro atoms. The molecule has 2 aromatic rings. The van der Waals surface area contributed by atoms with Crippen molar-refractivity contribution in [3.8, 4) is 0 Å². The van der Waals surface area contributed by atoms with Crippen LogP contribution >= 0.6 is 0 Å². The Morgan fingerprint density at radius 1 is 1.05 bits per heavy atom. The number of hydrogen-bond donors (Lipinski definition) is 0. The van der Waals surface area contributed by atoms with Gasteiger partial charge in [-0.3, -0.25) is 0 Å². The standard InChI is InChI=1S/C20H22O2/c1-3-4-15-19(16(2)17-11-7-5-8-12-17)22-20(21)18-13-9-6-10-14-18/h3-14,16,19H,15H2,1-2H3/b4-3-/t16-,19+/m0/s1. The lowest BCUT2D eigenvalue weighted by molar-refractivity contribution is 0.0254. The van der Waals surface area contributed by atoms with Crippen molar-refractivity contribution < 1.29 is 9.53 Å². The van der Waals surface area contributed by atoms with Crippen LogP contribution in [0.25, 0.3) is 0 Å². The Morgan fingerprint density at radius 3 is 2.23 bits per heavy atom. The highest BCUT2D eigenvalue weighted by molar-refractivity contribution is 5.89. The maximum absolute atomic E-state index is 12.3. The highest BCUT2D eigenvalue weighted by Crippen LogP contribution is 2.25. The molecule has 0 radical (unpaired) electrons. The lowest BCUT2D eigenvalue weighted by atomic mass is 9.93. The molecule has 114 valence electrons. The van der Waals surface area contributed by atoms with Gasteiger partial charge in [-0.05, 0) is 24.6 Å². The normalized spacial score (nSPS) is 13.7. The number of ether oxygens (including phenoxy) is 1. The summed E-state index contributed by atoms with van der Waals surface area (Å²) >= 11 is 0. The Kier molecular flexibility index (Phi) is 5.96. The Balaban J connectivity index is 2.14. The molecular formula is C20H22O2. The Hall–Kier alpha value is -2.35. The van der Waals surface area contributed by atoms with Crippen LogP contribution in [0.2, 0.25) is 0 Å². The molecular weight excluding hydrogens is 272 g/mol. The van der Waals surface area contributed by atoms with Crippen molar-refractivity contribution in [2.45, 2.75) is 32.3 Å². The SMILES string of the molecule is C/C=C\C[C@@H](OC(=O)c1ccccc1)[C@@H](C)c1ccccc1. The van der Waals surface area contributed by atoms with Gasteiger partial charge >= 0.3 is 5.97 Å². The topological polar surface area (TPSA) is 26.3 Å². The molecule has 2 nitrogen and oxygen atoms in total. The fraction of sp³-hybridized carbons (Fsp3) is 0.250. The second-order valence-corrected chi connectivity index (χ2v) is 5.31. The fourth-order valence-electron chi connectivity index (χ4n) is 2.38. The fourth-order valence-corrected chi connectivity index (χ4v) is 2.38. The van der Waals surface area contributed by atoms with Crippen molar-refractivity contribution in [1.82, 2.24) is 0 Å². The Bertz CT molecular complexity index is 602. The van der Waals surface area contributed by atoms with E-state index in [-0.39, 0.29) is 18.0 Å². The lowest BCUT2D eigenvalue weighted by Gasteiger charge is -2.23. The largest absolute Gasteiger partial charge is 0.458 e. The van der Waals surface area contributed by atoms with Gasteiger partial charge in [0.15, 0.2) is 0 Å². The van der Waals surface area contributed by atoms with Crippen molar-refractivity contribution in [2.75, 3.05) is 0 Å². The zero-order valence-corrected chi connectivity index (χ0v) is 13.1. The summed E-state index contributed by atoms with van der Waals surface area (Å²) in [7, 11) is 0. The molecule has 0 saturated heterocycles. The van der Waals surface area contributed by atoms with Gasteiger partial charge in [-0.1, -0.05) is 67.6 Å². The zero-order valence-electron chi connectivity index (χ0n) is 13.1. The Labute approximate surface area is 132 Å². The van der Waals surface area contributed by atoms with Gasteiger partial charge in [0.2, 0.25) is 0 Å². The molecule has 0 amide bonds. The number of carbonyl (C=O) groups excluding carboxylic acids is 1. The van der Waals surface area contributed by atoms with Gasteiger partial charge in [0.1, 0.15) is 6.10 Å². The summed E-state index contributed by atoms with van der Waals surface area (Å²) in [6.45, 7) is 4.07. The van der Waals surface area contributed by atoms with Crippen molar-refractivity contribution in [3.05, 3.63) is 83.9 Å². The first-order valence-corrected chi connectivity index (χ1v) is 7.64. The van der Waals surface area contributed by atoms with Crippen molar-refractivity contribution in [3.63, 3.8) is 0 Å². The third-order valence-electron chi connectivity index (χ3n) is 3.76. The summed E-state index contributed by atoms with van der Waals surface area (Å²) in [5.74, 6) is -0.122. The van der Waals surface area contributed by atoms with Gasteiger partial charge in [-0.25, -0.2) is 4.79 Å². The van der Waals surface area contributed by atoms with E-state index in [1.165, 1.54) is 5.56 Å². The number of benzene rings is 2. The molecule has 0 unspecified atom stereocenters. The van der Waals surface area contributed by atoms with Gasteiger partial charge in [0, 0.05) is 12.3 Å². The monoisotopic (exact) mass is 294 g/mol. The van der Waals surface area contributed by atoms with E-state index in [2.05, 4.69) is 19.1 Å². The van der Waals surface area contributed by atoms with Crippen molar-refractivity contribution >= 4 is 5.97 Å². The summed E-state index contributed by atoms with van der Waals surface area (Å²) in [5, 5.41) is 0. The molecule has 0 heterocycles. The van der Waals surface area contributed by atoms with Crippen LogP contribution in [0.4, 0.5) is 0 Å². The molecule has 0 bridgehead atoms. The molecule has 0 aliphatic rings. The molecule has 0 saturated carbocycles. The molecule has 0 aliphatic heterocycles. The van der Waals surface area contributed by atoms with E-state index in [1.54, 1.807) is 12.1 Å². The summed E-state index contributed by atoms with van der Waals surface area (Å²) in [4.78, 5) is 12.3. The molecule has 2 atom stereocenters. The first-order valence-electron chi connectivity index (χ1n) is 7.64. The first-order chi connectivity index (χ1) is 10.7. The second-order valence-electron chi connectivity index (χ2n) is 5.31. The van der Waals surface area contributed by atoms with Crippen molar-refractivity contribution in [1.29, 1.82) is 0 Å². The minimum atomic E-state index is -0.266. The summed E-state index contributed by atoms with van der Waals surface area (Å²) in [5.41, 5.74) is 1.77. The van der Waals surface area contributed by atoms with E-state index in [4.69, 9.17) is 4.74 Å². The van der Waals surface area contributed by atoms with Crippen LogP contribution in [-0.2, 0) is 4.74 Å². The summed E-state index contributed by atoms with van der Waals surface area (Å²) in [6.07, 6.45) is 4.57. The number of esters is 1. The molecule has 0 aromatic heterocycles. The summed E-state index contributed by atoms with van der Waals surface area (Å²) < 4.78 is 5.76. The molecule has 2 aromatic carbocycles. The quantitative estimate of drug-likeness (QED) is 0.554. The van der Waals surface area contributed by atoms with E-state index >= 15 is 0 Å². The van der Waals surface area contributed by atoms with Gasteiger partial charge < -0.3 is 4.74 Å². The smallest absolute Gasteiger partial charge is 0.338 e. The third kappa shape index (κ3) is 4.32. The molecule has 22 heavy (non-hydrogen) atoms. The van der Waals surface area contributed by atoms with Crippen LogP contribution in [-0.4, -0.2) is 12.1 Å². The van der Waals surface area contributed by atoms with E-state index in [0.29, 0.717) is 12.0 Å². The van der Waals surface area contributed by atoms with E-state index in [1.807, 2.05) is 55.5 Å². The van der Waals surface area contributed by atoms with Gasteiger partial charge in [-0.15, -0.1) is 0 Å². The van der Waals surface area contributed by atoms with Crippen LogP contribution in [0.15, 0.2) is 72.8 Å². The molecule has 2 rings (SSSR count). The molecule has 0 N–H and O–H groups in total. The van der Waals surface area contributed by atoms with Crippen LogP contribution < -0.4 is 0 Å². The van der Waals surface area contributed by atoms with Crippen LogP contribution in [0.1, 0.15) is 42.1 Å². The number of allylic oxidation sites excluding steroid dienone is 1. The van der Waals surface area contributed by atoms with Gasteiger partial charge in [0.25, 0.3) is 0 Å². The zero-order chi connectivity index (χ0) is 15.8. The highest BCUT2D eigenvalue weighted by atomic mass is 16.5. The number of rotatable bonds is 6. The number of carbonyl (C=O) groups is 1. The third-order valence-corrected chi connectivity index (χ3v) is 3.76. The highest BCUT2D eigenvalue weighted by Gasteiger charge is 2.22. The van der Waals surface area contributed by atoms with E-state index in [9.17, 15) is 4.79 Å². The maximum Gasteiger partial charge on any atom is 0.338 e. The van der Waals surface area contributed by atoms with Crippen molar-refractivity contribution in [2.24, 2.45) is 0 Å². The molecule has 0 fully saturated rings. The molecule has 0 aliphatic carbocycles. The minimum Gasteiger partial charge on any atom is -0.458 e. The lowest BCUT2D eigenvalue weighted by Crippen LogP contribution is -2.23. The van der Waals surface area contributed by atoms with Gasteiger partial charge in [-0.2, -0.15) is 0 Å². The summed E-state index contributed by atoms with van der Waals surface area (Å²) in [6, 6.07) is 19.3. The minimum absolute atomic E-state index is 0.144. The predicted octanol–water partition coefficient (Wildman–Crippen LogP) is 4.98. The predicted molar refractivity (Wildman–Crippen MR) is 89.9 cm³/mol. The Morgan fingerprint density at radius 2 is 1.64 bits per heavy atom. The average Bonchev–Trinajstić information content (AvgIpc) is 2.59. The first kappa shape index (κ1) is 16.0.